The van der Waals surface area contributed by atoms with Crippen LogP contribution in [0.2, 0.25) is 0 Å². The second-order valence-electron chi connectivity index (χ2n) is 7.16. The number of carbonyl (C=O) groups excluding carboxylic acids is 2. The molecule has 0 radical (unpaired) electrons. The first-order valence-electron chi connectivity index (χ1n) is 8.19. The molecule has 0 aliphatic heterocycles. The fourth-order valence-corrected chi connectivity index (χ4v) is 2.83. The van der Waals surface area contributed by atoms with Crippen LogP contribution in [0.5, 0.6) is 0 Å². The van der Waals surface area contributed by atoms with Gasteiger partial charge < -0.3 is 5.32 Å². The average molecular weight is 360 g/mol. The van der Waals surface area contributed by atoms with Crippen molar-refractivity contribution in [2.45, 2.75) is 46.0 Å². The first kappa shape index (κ1) is 19.1. The monoisotopic (exact) mass is 360 g/mol. The zero-order valence-corrected chi connectivity index (χ0v) is 16.0. The second-order valence-corrected chi connectivity index (χ2v) is 8.17. The number of hydrogen-bond acceptors (Lipinski definition) is 5. The first-order chi connectivity index (χ1) is 11.7. The van der Waals surface area contributed by atoms with Crippen molar-refractivity contribution in [2.24, 2.45) is 0 Å². The van der Waals surface area contributed by atoms with Gasteiger partial charge in [-0.1, -0.05) is 58.1 Å². The average Bonchev–Trinajstić information content (AvgIpc) is 3.00. The highest BCUT2D eigenvalue weighted by Crippen LogP contribution is 2.23. The molecule has 0 atom stereocenters. The normalized spacial score (nSPS) is 11.4. The fourth-order valence-electron chi connectivity index (χ4n) is 2.07. The van der Waals surface area contributed by atoms with Crippen LogP contribution in [0.4, 0.5) is 5.13 Å². The summed E-state index contributed by atoms with van der Waals surface area (Å²) in [6.07, 6.45) is 0. The van der Waals surface area contributed by atoms with Gasteiger partial charge >= 0.3 is 0 Å². The Kier molecular flexibility index (Phi) is 5.89. The summed E-state index contributed by atoms with van der Waals surface area (Å²) in [4.78, 5) is 24.1. The number of anilines is 1. The summed E-state index contributed by atoms with van der Waals surface area (Å²) in [6, 6.07) is 7.41. The van der Waals surface area contributed by atoms with E-state index in [9.17, 15) is 9.59 Å². The molecule has 7 heteroatoms. The maximum atomic E-state index is 12.1. The molecule has 0 aliphatic carbocycles. The van der Waals surface area contributed by atoms with Gasteiger partial charge in [-0.2, -0.15) is 0 Å². The van der Waals surface area contributed by atoms with Gasteiger partial charge in [-0.3, -0.25) is 14.9 Å². The lowest BCUT2D eigenvalue weighted by molar-refractivity contribution is -0.115. The summed E-state index contributed by atoms with van der Waals surface area (Å²) in [7, 11) is 0. The van der Waals surface area contributed by atoms with E-state index in [1.807, 2.05) is 26.0 Å². The Morgan fingerprint density at radius 1 is 1.12 bits per heavy atom. The van der Waals surface area contributed by atoms with Gasteiger partial charge in [0.25, 0.3) is 5.91 Å². The molecule has 6 nitrogen and oxygen atoms in total. The Morgan fingerprint density at radius 3 is 2.28 bits per heavy atom. The van der Waals surface area contributed by atoms with Crippen LogP contribution in [0.1, 0.15) is 61.5 Å². The van der Waals surface area contributed by atoms with Gasteiger partial charge in [-0.25, -0.2) is 0 Å². The molecule has 0 saturated carbocycles. The van der Waals surface area contributed by atoms with Gasteiger partial charge in [-0.15, -0.1) is 10.2 Å². The predicted molar refractivity (Wildman–Crippen MR) is 100 cm³/mol. The maximum absolute atomic E-state index is 12.1. The minimum Gasteiger partial charge on any atom is -0.343 e. The molecule has 1 aromatic heterocycles. The molecule has 0 unspecified atom stereocenters. The van der Waals surface area contributed by atoms with E-state index in [1.165, 1.54) is 11.3 Å². The van der Waals surface area contributed by atoms with Gasteiger partial charge in [0.2, 0.25) is 11.0 Å². The summed E-state index contributed by atoms with van der Waals surface area (Å²) < 4.78 is 0. The molecule has 2 N–H and O–H groups in total. The lowest BCUT2D eigenvalue weighted by Crippen LogP contribution is -2.32. The van der Waals surface area contributed by atoms with Crippen LogP contribution in [0.3, 0.4) is 0 Å². The smallest absolute Gasteiger partial charge is 0.251 e. The third kappa shape index (κ3) is 5.35. The van der Waals surface area contributed by atoms with E-state index in [0.29, 0.717) is 10.7 Å². The van der Waals surface area contributed by atoms with Gasteiger partial charge in [0, 0.05) is 11.5 Å². The number of hydrogen-bond donors (Lipinski definition) is 2. The van der Waals surface area contributed by atoms with Crippen LogP contribution in [-0.4, -0.2) is 28.6 Å². The molecule has 0 spiro atoms. The Hall–Kier alpha value is -2.28. The predicted octanol–water partition coefficient (Wildman–Crippen LogP) is 3.33. The number of amides is 2. The Morgan fingerprint density at radius 2 is 1.76 bits per heavy atom. The van der Waals surface area contributed by atoms with Gasteiger partial charge in [0.1, 0.15) is 5.01 Å². The van der Waals surface area contributed by atoms with E-state index in [0.717, 1.165) is 10.6 Å². The quantitative estimate of drug-likeness (QED) is 0.857. The van der Waals surface area contributed by atoms with Crippen molar-refractivity contribution < 1.29 is 9.59 Å². The summed E-state index contributed by atoms with van der Waals surface area (Å²) >= 11 is 1.34. The molecule has 2 aromatic rings. The summed E-state index contributed by atoms with van der Waals surface area (Å²) in [6.45, 7) is 10.3. The minimum atomic E-state index is -0.328. The van der Waals surface area contributed by atoms with Gasteiger partial charge in [-0.05, 0) is 23.1 Å². The Balaban J connectivity index is 1.87. The van der Waals surface area contributed by atoms with Crippen molar-refractivity contribution in [3.63, 3.8) is 0 Å². The highest BCUT2D eigenvalue weighted by molar-refractivity contribution is 7.15. The van der Waals surface area contributed by atoms with Crippen molar-refractivity contribution in [3.05, 3.63) is 40.4 Å². The van der Waals surface area contributed by atoms with Crippen molar-refractivity contribution in [2.75, 3.05) is 11.9 Å². The highest BCUT2D eigenvalue weighted by atomic mass is 32.1. The molecule has 0 aliphatic rings. The number of rotatable bonds is 5. The van der Waals surface area contributed by atoms with Crippen molar-refractivity contribution in [1.29, 1.82) is 0 Å². The largest absolute Gasteiger partial charge is 0.343 e. The fraction of sp³-hybridized carbons (Fsp3) is 0.444. The topological polar surface area (TPSA) is 84.0 Å². The first-order valence-corrected chi connectivity index (χ1v) is 9.00. The summed E-state index contributed by atoms with van der Waals surface area (Å²) in [5, 5.41) is 14.5. The van der Waals surface area contributed by atoms with Crippen LogP contribution in [-0.2, 0) is 10.2 Å². The third-order valence-electron chi connectivity index (χ3n) is 3.60. The molecular weight excluding hydrogens is 336 g/mol. The molecule has 1 aromatic carbocycles. The van der Waals surface area contributed by atoms with E-state index in [2.05, 4.69) is 41.6 Å². The molecule has 1 heterocycles. The van der Waals surface area contributed by atoms with E-state index >= 15 is 0 Å². The van der Waals surface area contributed by atoms with Gasteiger partial charge in [0.15, 0.2) is 0 Å². The number of benzene rings is 1. The zero-order chi connectivity index (χ0) is 18.6. The Bertz CT molecular complexity index is 745. The number of carbonyl (C=O) groups is 2. The zero-order valence-electron chi connectivity index (χ0n) is 15.2. The molecule has 0 bridgehead atoms. The summed E-state index contributed by atoms with van der Waals surface area (Å²) in [5.41, 5.74) is 1.71. The van der Waals surface area contributed by atoms with Crippen LogP contribution in [0.15, 0.2) is 24.3 Å². The standard InChI is InChI=1S/C18H24N4O2S/c1-11(2)16-21-22-17(25-16)20-14(23)10-19-15(24)12-6-8-13(9-7-12)18(3,4)5/h6-9,11H,10H2,1-5H3,(H,19,24)(H,20,22,23). The lowest BCUT2D eigenvalue weighted by atomic mass is 9.87. The molecule has 0 fully saturated rings. The number of nitrogens with one attached hydrogen (secondary N) is 2. The van der Waals surface area contributed by atoms with E-state index in [-0.39, 0.29) is 29.7 Å². The molecule has 25 heavy (non-hydrogen) atoms. The molecule has 0 saturated heterocycles. The van der Waals surface area contributed by atoms with Crippen LogP contribution in [0, 0.1) is 0 Å². The van der Waals surface area contributed by atoms with Crippen LogP contribution < -0.4 is 10.6 Å². The van der Waals surface area contributed by atoms with Crippen molar-refractivity contribution >= 4 is 28.3 Å². The number of aromatic nitrogens is 2. The second kappa shape index (κ2) is 7.74. The number of nitrogens with zero attached hydrogens (tertiary/aromatic N) is 2. The molecule has 2 rings (SSSR count). The molecule has 134 valence electrons. The van der Waals surface area contributed by atoms with E-state index in [1.54, 1.807) is 12.1 Å². The van der Waals surface area contributed by atoms with Crippen LogP contribution >= 0.6 is 11.3 Å². The van der Waals surface area contributed by atoms with Crippen molar-refractivity contribution in [3.8, 4) is 0 Å². The maximum Gasteiger partial charge on any atom is 0.251 e. The van der Waals surface area contributed by atoms with E-state index < -0.39 is 0 Å². The van der Waals surface area contributed by atoms with Crippen molar-refractivity contribution in [1.82, 2.24) is 15.5 Å². The van der Waals surface area contributed by atoms with Crippen LogP contribution in [0.25, 0.3) is 0 Å². The lowest BCUT2D eigenvalue weighted by Gasteiger charge is -2.19. The third-order valence-corrected chi connectivity index (χ3v) is 4.74. The minimum absolute atomic E-state index is 0.0332. The molecular formula is C18H24N4O2S. The van der Waals surface area contributed by atoms with Gasteiger partial charge in [0.05, 0.1) is 6.54 Å². The SMILES string of the molecule is CC(C)c1nnc(NC(=O)CNC(=O)c2ccc(C(C)(C)C)cc2)s1. The van der Waals surface area contributed by atoms with E-state index in [4.69, 9.17) is 0 Å². The molecule has 2 amide bonds. The summed E-state index contributed by atoms with van der Waals surface area (Å²) in [5.74, 6) is -0.346. The Labute approximate surface area is 152 Å². The highest BCUT2D eigenvalue weighted by Gasteiger charge is 2.15.